The van der Waals surface area contributed by atoms with E-state index in [0.29, 0.717) is 5.82 Å². The first-order valence-electron chi connectivity index (χ1n) is 5.65. The van der Waals surface area contributed by atoms with Gasteiger partial charge in [-0.05, 0) is 28.9 Å². The number of hydrogen-bond acceptors (Lipinski definition) is 3. The Labute approximate surface area is 118 Å². The SMILES string of the molecule is Cc1sc(-c2nc(C(C)(C)C)cc(=O)[nH]2)cc1Br. The number of rotatable bonds is 1. The second kappa shape index (κ2) is 4.63. The van der Waals surface area contributed by atoms with Gasteiger partial charge in [0.25, 0.3) is 5.56 Å². The van der Waals surface area contributed by atoms with Crippen molar-refractivity contribution in [1.29, 1.82) is 0 Å². The van der Waals surface area contributed by atoms with E-state index >= 15 is 0 Å². The lowest BCUT2D eigenvalue weighted by Gasteiger charge is -2.17. The number of halogens is 1. The van der Waals surface area contributed by atoms with Crippen molar-refractivity contribution in [2.45, 2.75) is 33.1 Å². The maximum absolute atomic E-state index is 11.7. The van der Waals surface area contributed by atoms with E-state index in [1.807, 2.05) is 33.8 Å². The van der Waals surface area contributed by atoms with E-state index in [9.17, 15) is 4.79 Å². The molecule has 0 unspecified atom stereocenters. The van der Waals surface area contributed by atoms with Gasteiger partial charge in [0.05, 0.1) is 10.6 Å². The van der Waals surface area contributed by atoms with Gasteiger partial charge in [0, 0.05) is 20.8 Å². The lowest BCUT2D eigenvalue weighted by molar-refractivity contribution is 0.566. The molecular formula is C13H15BrN2OS. The summed E-state index contributed by atoms with van der Waals surface area (Å²) in [6.45, 7) is 8.18. The molecule has 0 atom stereocenters. The molecule has 0 saturated heterocycles. The van der Waals surface area contributed by atoms with E-state index in [4.69, 9.17) is 0 Å². The summed E-state index contributed by atoms with van der Waals surface area (Å²) >= 11 is 5.10. The number of aryl methyl sites for hydroxylation is 1. The van der Waals surface area contributed by atoms with Gasteiger partial charge in [0.2, 0.25) is 0 Å². The van der Waals surface area contributed by atoms with Crippen LogP contribution < -0.4 is 5.56 Å². The van der Waals surface area contributed by atoms with Crippen molar-refractivity contribution in [2.75, 3.05) is 0 Å². The minimum absolute atomic E-state index is 0.105. The average Bonchev–Trinajstić information content (AvgIpc) is 2.57. The lowest BCUT2D eigenvalue weighted by Crippen LogP contribution is -2.19. The fraction of sp³-hybridized carbons (Fsp3) is 0.385. The predicted octanol–water partition coefficient (Wildman–Crippen LogP) is 3.87. The van der Waals surface area contributed by atoms with Crippen LogP contribution in [0.15, 0.2) is 21.4 Å². The van der Waals surface area contributed by atoms with Crippen LogP contribution >= 0.6 is 27.3 Å². The molecule has 0 fully saturated rings. The first-order valence-corrected chi connectivity index (χ1v) is 7.26. The van der Waals surface area contributed by atoms with Gasteiger partial charge in [-0.15, -0.1) is 11.3 Å². The number of aromatic amines is 1. The molecule has 0 bridgehead atoms. The summed E-state index contributed by atoms with van der Waals surface area (Å²) in [6.07, 6.45) is 0. The molecule has 2 aromatic heterocycles. The topological polar surface area (TPSA) is 45.8 Å². The van der Waals surface area contributed by atoms with Crippen LogP contribution in [-0.4, -0.2) is 9.97 Å². The van der Waals surface area contributed by atoms with Crippen LogP contribution in [0.4, 0.5) is 0 Å². The molecular weight excluding hydrogens is 312 g/mol. The third-order valence-corrected chi connectivity index (χ3v) is 4.74. The van der Waals surface area contributed by atoms with Crippen LogP contribution in [-0.2, 0) is 5.41 Å². The molecule has 0 saturated carbocycles. The van der Waals surface area contributed by atoms with E-state index in [2.05, 4.69) is 25.9 Å². The highest BCUT2D eigenvalue weighted by atomic mass is 79.9. The molecule has 5 heteroatoms. The smallest absolute Gasteiger partial charge is 0.251 e. The van der Waals surface area contributed by atoms with Gasteiger partial charge in [-0.1, -0.05) is 20.8 Å². The summed E-state index contributed by atoms with van der Waals surface area (Å²) in [7, 11) is 0. The summed E-state index contributed by atoms with van der Waals surface area (Å²) in [6, 6.07) is 3.56. The molecule has 2 rings (SSSR count). The number of nitrogens with one attached hydrogen (secondary N) is 1. The largest absolute Gasteiger partial charge is 0.306 e. The fourth-order valence-corrected chi connectivity index (χ4v) is 3.01. The number of hydrogen-bond donors (Lipinski definition) is 1. The normalized spacial score (nSPS) is 11.8. The van der Waals surface area contributed by atoms with Crippen LogP contribution in [0.1, 0.15) is 31.3 Å². The Morgan fingerprint density at radius 2 is 2.00 bits per heavy atom. The van der Waals surface area contributed by atoms with Crippen molar-refractivity contribution < 1.29 is 0 Å². The zero-order chi connectivity index (χ0) is 13.5. The quantitative estimate of drug-likeness (QED) is 0.864. The van der Waals surface area contributed by atoms with Crippen molar-refractivity contribution in [2.24, 2.45) is 0 Å². The van der Waals surface area contributed by atoms with Gasteiger partial charge in [-0.3, -0.25) is 4.79 Å². The fourth-order valence-electron chi connectivity index (χ4n) is 1.54. The minimum atomic E-state index is -0.132. The number of aromatic nitrogens is 2. The van der Waals surface area contributed by atoms with Gasteiger partial charge in [-0.25, -0.2) is 4.98 Å². The van der Waals surface area contributed by atoms with Gasteiger partial charge in [0.15, 0.2) is 5.82 Å². The Kier molecular flexibility index (Phi) is 3.47. The Morgan fingerprint density at radius 3 is 2.50 bits per heavy atom. The minimum Gasteiger partial charge on any atom is -0.306 e. The van der Waals surface area contributed by atoms with Gasteiger partial charge < -0.3 is 4.98 Å². The number of nitrogens with zero attached hydrogens (tertiary/aromatic N) is 1. The summed E-state index contributed by atoms with van der Waals surface area (Å²) in [5.74, 6) is 0.645. The van der Waals surface area contributed by atoms with Crippen LogP contribution in [0.2, 0.25) is 0 Å². The summed E-state index contributed by atoms with van der Waals surface area (Å²) in [4.78, 5) is 21.2. The van der Waals surface area contributed by atoms with Crippen molar-refractivity contribution in [3.8, 4) is 10.7 Å². The molecule has 0 aliphatic rings. The zero-order valence-electron chi connectivity index (χ0n) is 10.8. The van der Waals surface area contributed by atoms with Crippen LogP contribution in [0, 0.1) is 6.92 Å². The second-order valence-corrected chi connectivity index (χ2v) is 7.35. The zero-order valence-corrected chi connectivity index (χ0v) is 13.2. The van der Waals surface area contributed by atoms with E-state index < -0.39 is 0 Å². The molecule has 0 radical (unpaired) electrons. The molecule has 2 heterocycles. The third-order valence-electron chi connectivity index (χ3n) is 2.60. The van der Waals surface area contributed by atoms with Crippen LogP contribution in [0.5, 0.6) is 0 Å². The average molecular weight is 327 g/mol. The second-order valence-electron chi connectivity index (χ2n) is 5.24. The molecule has 0 aliphatic carbocycles. The molecule has 3 nitrogen and oxygen atoms in total. The molecule has 0 aromatic carbocycles. The molecule has 18 heavy (non-hydrogen) atoms. The van der Waals surface area contributed by atoms with Crippen molar-refractivity contribution >= 4 is 27.3 Å². The molecule has 1 N–H and O–H groups in total. The summed E-state index contributed by atoms with van der Waals surface area (Å²) < 4.78 is 1.05. The van der Waals surface area contributed by atoms with E-state index in [1.54, 1.807) is 17.4 Å². The number of H-pyrrole nitrogens is 1. The Balaban J connectivity index is 2.59. The Morgan fingerprint density at radius 1 is 1.33 bits per heavy atom. The summed E-state index contributed by atoms with van der Waals surface area (Å²) in [5, 5.41) is 0. The van der Waals surface area contributed by atoms with Gasteiger partial charge >= 0.3 is 0 Å². The molecule has 96 valence electrons. The maximum atomic E-state index is 11.7. The van der Waals surface area contributed by atoms with Gasteiger partial charge in [-0.2, -0.15) is 0 Å². The van der Waals surface area contributed by atoms with Crippen molar-refractivity contribution in [1.82, 2.24) is 9.97 Å². The highest BCUT2D eigenvalue weighted by Gasteiger charge is 2.18. The first-order chi connectivity index (χ1) is 8.27. The predicted molar refractivity (Wildman–Crippen MR) is 79.3 cm³/mol. The molecule has 0 spiro atoms. The lowest BCUT2D eigenvalue weighted by atomic mass is 9.92. The van der Waals surface area contributed by atoms with E-state index in [1.165, 1.54) is 4.88 Å². The van der Waals surface area contributed by atoms with Gasteiger partial charge in [0.1, 0.15) is 0 Å². The molecule has 0 aliphatic heterocycles. The Bertz CT molecular complexity index is 618. The van der Waals surface area contributed by atoms with Crippen molar-refractivity contribution in [3.05, 3.63) is 37.5 Å². The van der Waals surface area contributed by atoms with Crippen molar-refractivity contribution in [3.63, 3.8) is 0 Å². The third kappa shape index (κ3) is 2.72. The standard InChI is InChI=1S/C13H15BrN2OS/c1-7-8(14)5-9(18-7)12-15-10(13(2,3)4)6-11(17)16-12/h5-6H,1-4H3,(H,15,16,17). The monoisotopic (exact) mass is 326 g/mol. The van der Waals surface area contributed by atoms with E-state index in [-0.39, 0.29) is 11.0 Å². The maximum Gasteiger partial charge on any atom is 0.251 e. The van der Waals surface area contributed by atoms with Crippen LogP contribution in [0.3, 0.4) is 0 Å². The van der Waals surface area contributed by atoms with E-state index in [0.717, 1.165) is 15.0 Å². The number of thiophene rings is 1. The summed E-state index contributed by atoms with van der Waals surface area (Å²) in [5.41, 5.74) is 0.572. The first kappa shape index (κ1) is 13.5. The molecule has 2 aromatic rings. The van der Waals surface area contributed by atoms with Crippen LogP contribution in [0.25, 0.3) is 10.7 Å². The highest BCUT2D eigenvalue weighted by Crippen LogP contribution is 2.32. The highest BCUT2D eigenvalue weighted by molar-refractivity contribution is 9.10. The Hall–Kier alpha value is -0.940. The molecule has 0 amide bonds.